The van der Waals surface area contributed by atoms with Gasteiger partial charge in [-0.1, -0.05) is 24.3 Å². The Balaban J connectivity index is 1.85. The standard InChI is InChI=1S/C17H15F2NO/c18-13-5-3-4-12(10-13)11-20(14-8-9-14)17(21)15-6-1-2-7-16(15)19/h1-7,10,14H,8-9,11H2. The number of benzene rings is 2. The van der Waals surface area contributed by atoms with E-state index in [2.05, 4.69) is 0 Å². The Morgan fingerprint density at radius 3 is 2.52 bits per heavy atom. The molecule has 108 valence electrons. The molecule has 4 heteroatoms. The number of carbonyl (C=O) groups excluding carboxylic acids is 1. The molecule has 3 rings (SSSR count). The van der Waals surface area contributed by atoms with E-state index >= 15 is 0 Å². The molecule has 1 fully saturated rings. The van der Waals surface area contributed by atoms with Gasteiger partial charge in [-0.3, -0.25) is 4.79 Å². The van der Waals surface area contributed by atoms with Crippen LogP contribution in [0.25, 0.3) is 0 Å². The van der Waals surface area contributed by atoms with Crippen molar-refractivity contribution in [2.75, 3.05) is 0 Å². The number of carbonyl (C=O) groups is 1. The van der Waals surface area contributed by atoms with Gasteiger partial charge in [0.1, 0.15) is 11.6 Å². The molecule has 1 aliphatic rings. The summed E-state index contributed by atoms with van der Waals surface area (Å²) in [5.41, 5.74) is 0.785. The summed E-state index contributed by atoms with van der Waals surface area (Å²) in [6, 6.07) is 12.2. The van der Waals surface area contributed by atoms with Crippen LogP contribution in [0.3, 0.4) is 0 Å². The number of halogens is 2. The first-order chi connectivity index (χ1) is 10.1. The quantitative estimate of drug-likeness (QED) is 0.838. The highest BCUT2D eigenvalue weighted by molar-refractivity contribution is 5.94. The Hall–Kier alpha value is -2.23. The molecule has 0 heterocycles. The zero-order valence-electron chi connectivity index (χ0n) is 11.4. The van der Waals surface area contributed by atoms with Crippen LogP contribution in [0.1, 0.15) is 28.8 Å². The van der Waals surface area contributed by atoms with Gasteiger partial charge in [-0.05, 0) is 42.7 Å². The third kappa shape index (κ3) is 3.10. The smallest absolute Gasteiger partial charge is 0.257 e. The average Bonchev–Trinajstić information content (AvgIpc) is 3.29. The van der Waals surface area contributed by atoms with Gasteiger partial charge in [0.25, 0.3) is 5.91 Å². The Labute approximate surface area is 122 Å². The van der Waals surface area contributed by atoms with Crippen molar-refractivity contribution in [3.8, 4) is 0 Å². The highest BCUT2D eigenvalue weighted by Crippen LogP contribution is 2.30. The van der Waals surface area contributed by atoms with E-state index in [1.807, 2.05) is 0 Å². The number of rotatable bonds is 4. The van der Waals surface area contributed by atoms with Crippen molar-refractivity contribution < 1.29 is 13.6 Å². The van der Waals surface area contributed by atoms with Gasteiger partial charge in [0.05, 0.1) is 5.56 Å². The van der Waals surface area contributed by atoms with Crippen LogP contribution in [-0.4, -0.2) is 16.8 Å². The van der Waals surface area contributed by atoms with Crippen LogP contribution in [0.5, 0.6) is 0 Å². The molecule has 0 radical (unpaired) electrons. The van der Waals surface area contributed by atoms with Gasteiger partial charge in [-0.25, -0.2) is 8.78 Å². The van der Waals surface area contributed by atoms with E-state index in [9.17, 15) is 13.6 Å². The Bertz CT molecular complexity index is 667. The fourth-order valence-corrected chi connectivity index (χ4v) is 2.37. The molecule has 1 amide bonds. The number of amides is 1. The molecule has 0 unspecified atom stereocenters. The number of nitrogens with zero attached hydrogens (tertiary/aromatic N) is 1. The minimum atomic E-state index is -0.521. The lowest BCUT2D eigenvalue weighted by Crippen LogP contribution is -2.33. The Kier molecular flexibility index (Phi) is 3.69. The lowest BCUT2D eigenvalue weighted by Gasteiger charge is -2.23. The monoisotopic (exact) mass is 287 g/mol. The fraction of sp³-hybridized carbons (Fsp3) is 0.235. The van der Waals surface area contributed by atoms with E-state index in [1.54, 1.807) is 29.2 Å². The predicted molar refractivity (Wildman–Crippen MR) is 75.7 cm³/mol. The van der Waals surface area contributed by atoms with Crippen LogP contribution >= 0.6 is 0 Å². The Morgan fingerprint density at radius 2 is 1.86 bits per heavy atom. The highest BCUT2D eigenvalue weighted by Gasteiger charge is 2.33. The normalized spacial score (nSPS) is 14.0. The predicted octanol–water partition coefficient (Wildman–Crippen LogP) is 3.77. The van der Waals surface area contributed by atoms with Crippen molar-refractivity contribution in [2.24, 2.45) is 0 Å². The summed E-state index contributed by atoms with van der Waals surface area (Å²) in [6.45, 7) is 0.301. The van der Waals surface area contributed by atoms with E-state index in [0.29, 0.717) is 12.1 Å². The lowest BCUT2D eigenvalue weighted by molar-refractivity contribution is 0.0725. The molecular weight excluding hydrogens is 272 g/mol. The minimum absolute atomic E-state index is 0.0702. The summed E-state index contributed by atoms with van der Waals surface area (Å²) >= 11 is 0. The van der Waals surface area contributed by atoms with Crippen molar-refractivity contribution in [3.63, 3.8) is 0 Å². The summed E-state index contributed by atoms with van der Waals surface area (Å²) < 4.78 is 27.0. The molecule has 1 saturated carbocycles. The van der Waals surface area contributed by atoms with Gasteiger partial charge in [0.15, 0.2) is 0 Å². The lowest BCUT2D eigenvalue weighted by atomic mass is 10.1. The molecule has 0 bridgehead atoms. The fourth-order valence-electron chi connectivity index (χ4n) is 2.37. The minimum Gasteiger partial charge on any atom is -0.331 e. The molecule has 0 aliphatic heterocycles. The molecule has 1 aliphatic carbocycles. The van der Waals surface area contributed by atoms with Crippen LogP contribution in [-0.2, 0) is 6.54 Å². The summed E-state index contributed by atoms with van der Waals surface area (Å²) in [4.78, 5) is 14.2. The maximum atomic E-state index is 13.8. The van der Waals surface area contributed by atoms with Gasteiger partial charge in [-0.2, -0.15) is 0 Å². The zero-order chi connectivity index (χ0) is 14.8. The first-order valence-corrected chi connectivity index (χ1v) is 6.95. The number of hydrogen-bond acceptors (Lipinski definition) is 1. The molecule has 2 nitrogen and oxygen atoms in total. The molecule has 2 aromatic rings. The van der Waals surface area contributed by atoms with Crippen molar-refractivity contribution in [1.82, 2.24) is 4.90 Å². The second-order valence-corrected chi connectivity index (χ2v) is 5.27. The maximum Gasteiger partial charge on any atom is 0.257 e. The summed E-state index contributed by atoms with van der Waals surface area (Å²) in [5, 5.41) is 0. The molecule has 0 aromatic heterocycles. The Morgan fingerprint density at radius 1 is 1.10 bits per heavy atom. The first-order valence-electron chi connectivity index (χ1n) is 6.95. The SMILES string of the molecule is O=C(c1ccccc1F)N(Cc1cccc(F)c1)C1CC1. The zero-order valence-corrected chi connectivity index (χ0v) is 11.4. The molecule has 2 aromatic carbocycles. The summed E-state index contributed by atoms with van der Waals surface area (Å²) in [6.07, 6.45) is 1.82. The summed E-state index contributed by atoms with van der Waals surface area (Å²) in [5.74, 6) is -1.19. The van der Waals surface area contributed by atoms with Gasteiger partial charge < -0.3 is 4.90 Å². The van der Waals surface area contributed by atoms with Crippen LogP contribution in [0, 0.1) is 11.6 Å². The molecular formula is C17H15F2NO. The van der Waals surface area contributed by atoms with Crippen molar-refractivity contribution in [3.05, 3.63) is 71.3 Å². The molecule has 0 saturated heterocycles. The van der Waals surface area contributed by atoms with Crippen molar-refractivity contribution >= 4 is 5.91 Å². The third-order valence-electron chi connectivity index (χ3n) is 3.59. The number of hydrogen-bond donors (Lipinski definition) is 0. The molecule has 21 heavy (non-hydrogen) atoms. The van der Waals surface area contributed by atoms with E-state index in [0.717, 1.165) is 12.8 Å². The van der Waals surface area contributed by atoms with Crippen molar-refractivity contribution in [2.45, 2.75) is 25.4 Å². The first kappa shape index (κ1) is 13.7. The van der Waals surface area contributed by atoms with Gasteiger partial charge in [0.2, 0.25) is 0 Å². The van der Waals surface area contributed by atoms with Crippen LogP contribution < -0.4 is 0 Å². The van der Waals surface area contributed by atoms with Crippen LogP contribution in [0.15, 0.2) is 48.5 Å². The summed E-state index contributed by atoms with van der Waals surface area (Å²) in [7, 11) is 0. The van der Waals surface area contributed by atoms with Gasteiger partial charge in [-0.15, -0.1) is 0 Å². The van der Waals surface area contributed by atoms with Crippen molar-refractivity contribution in [1.29, 1.82) is 0 Å². The second kappa shape index (κ2) is 5.64. The van der Waals surface area contributed by atoms with E-state index in [-0.39, 0.29) is 23.3 Å². The van der Waals surface area contributed by atoms with E-state index in [4.69, 9.17) is 0 Å². The average molecular weight is 287 g/mol. The molecule has 0 N–H and O–H groups in total. The maximum absolute atomic E-state index is 13.8. The van der Waals surface area contributed by atoms with Crippen LogP contribution in [0.2, 0.25) is 0 Å². The highest BCUT2D eigenvalue weighted by atomic mass is 19.1. The third-order valence-corrected chi connectivity index (χ3v) is 3.59. The van der Waals surface area contributed by atoms with Gasteiger partial charge >= 0.3 is 0 Å². The van der Waals surface area contributed by atoms with E-state index in [1.165, 1.54) is 24.3 Å². The topological polar surface area (TPSA) is 20.3 Å². The largest absolute Gasteiger partial charge is 0.331 e. The van der Waals surface area contributed by atoms with Crippen LogP contribution in [0.4, 0.5) is 8.78 Å². The molecule has 0 atom stereocenters. The van der Waals surface area contributed by atoms with Gasteiger partial charge in [0, 0.05) is 12.6 Å². The molecule has 0 spiro atoms. The second-order valence-electron chi connectivity index (χ2n) is 5.27. The van der Waals surface area contributed by atoms with E-state index < -0.39 is 5.82 Å².